The van der Waals surface area contributed by atoms with Gasteiger partial charge in [-0.25, -0.2) is 0 Å². The summed E-state index contributed by atoms with van der Waals surface area (Å²) < 4.78 is 0. The standard InChI is InChI=1S/C9H16N2O4/c1-4(8(12)13)7(9(14)15)5(2)11-6(3)10/h4-5,7H,1-3H3,(H2,10,11)(H,12,13)(H,14,15). The molecule has 6 heteroatoms. The van der Waals surface area contributed by atoms with E-state index in [1.54, 1.807) is 0 Å². The van der Waals surface area contributed by atoms with Crippen molar-refractivity contribution in [2.45, 2.75) is 26.8 Å². The second kappa shape index (κ2) is 5.33. The predicted molar refractivity (Wildman–Crippen MR) is 54.7 cm³/mol. The third kappa shape index (κ3) is 3.97. The van der Waals surface area contributed by atoms with Gasteiger partial charge in [0.2, 0.25) is 0 Å². The molecule has 4 N–H and O–H groups in total. The molecule has 86 valence electrons. The van der Waals surface area contributed by atoms with E-state index in [-0.39, 0.29) is 5.84 Å². The lowest BCUT2D eigenvalue weighted by Gasteiger charge is -2.20. The van der Waals surface area contributed by atoms with Gasteiger partial charge < -0.3 is 15.9 Å². The predicted octanol–water partition coefficient (Wildman–Crippen LogP) is 0.174. The van der Waals surface area contributed by atoms with Crippen LogP contribution >= 0.6 is 0 Å². The molecule has 0 bridgehead atoms. The molecule has 0 spiro atoms. The van der Waals surface area contributed by atoms with Gasteiger partial charge in [-0.3, -0.25) is 14.6 Å². The summed E-state index contributed by atoms with van der Waals surface area (Å²) in [4.78, 5) is 25.4. The van der Waals surface area contributed by atoms with E-state index in [9.17, 15) is 9.59 Å². The van der Waals surface area contributed by atoms with Gasteiger partial charge in [-0.15, -0.1) is 0 Å². The molecule has 0 radical (unpaired) electrons. The van der Waals surface area contributed by atoms with Crippen LogP contribution in [0.1, 0.15) is 20.8 Å². The molecule has 0 rings (SSSR count). The van der Waals surface area contributed by atoms with E-state index in [1.807, 2.05) is 0 Å². The van der Waals surface area contributed by atoms with Crippen LogP contribution in [0, 0.1) is 11.8 Å². The molecule has 6 nitrogen and oxygen atoms in total. The Morgan fingerprint density at radius 1 is 1.20 bits per heavy atom. The van der Waals surface area contributed by atoms with Gasteiger partial charge in [0.05, 0.1) is 23.7 Å². The first-order chi connectivity index (χ1) is 6.77. The average Bonchev–Trinajstić information content (AvgIpc) is 2.01. The lowest BCUT2D eigenvalue weighted by molar-refractivity contribution is -0.153. The molecule has 0 aromatic rings. The van der Waals surface area contributed by atoms with E-state index in [1.165, 1.54) is 20.8 Å². The van der Waals surface area contributed by atoms with Gasteiger partial charge >= 0.3 is 11.9 Å². The summed E-state index contributed by atoms with van der Waals surface area (Å²) in [5.41, 5.74) is 5.32. The van der Waals surface area contributed by atoms with E-state index >= 15 is 0 Å². The van der Waals surface area contributed by atoms with Crippen LogP contribution in [0.2, 0.25) is 0 Å². The smallest absolute Gasteiger partial charge is 0.309 e. The summed E-state index contributed by atoms with van der Waals surface area (Å²) in [6, 6.07) is -0.654. The van der Waals surface area contributed by atoms with Crippen LogP contribution in [-0.4, -0.2) is 34.0 Å². The highest BCUT2D eigenvalue weighted by Gasteiger charge is 2.34. The fourth-order valence-corrected chi connectivity index (χ4v) is 1.39. The first kappa shape index (κ1) is 13.4. The highest BCUT2D eigenvalue weighted by Crippen LogP contribution is 2.19. The summed E-state index contributed by atoms with van der Waals surface area (Å²) in [5.74, 6) is -4.16. The van der Waals surface area contributed by atoms with Gasteiger partial charge in [-0.1, -0.05) is 6.92 Å². The first-order valence-electron chi connectivity index (χ1n) is 4.52. The molecule has 0 aromatic carbocycles. The van der Waals surface area contributed by atoms with Crippen LogP contribution in [0.15, 0.2) is 4.99 Å². The largest absolute Gasteiger partial charge is 0.481 e. The minimum atomic E-state index is -1.18. The highest BCUT2D eigenvalue weighted by molar-refractivity contribution is 5.81. The van der Waals surface area contributed by atoms with Crippen molar-refractivity contribution in [1.29, 1.82) is 0 Å². The van der Waals surface area contributed by atoms with Gasteiger partial charge in [0.1, 0.15) is 0 Å². The minimum absolute atomic E-state index is 0.242. The third-order valence-corrected chi connectivity index (χ3v) is 2.14. The van der Waals surface area contributed by atoms with E-state index in [4.69, 9.17) is 15.9 Å². The third-order valence-electron chi connectivity index (χ3n) is 2.14. The maximum absolute atomic E-state index is 10.9. The normalized spacial score (nSPS) is 17.9. The minimum Gasteiger partial charge on any atom is -0.481 e. The van der Waals surface area contributed by atoms with Crippen LogP contribution in [0.3, 0.4) is 0 Å². The number of nitrogens with two attached hydrogens (primary N) is 1. The first-order valence-corrected chi connectivity index (χ1v) is 4.52. The van der Waals surface area contributed by atoms with Gasteiger partial charge in [0.25, 0.3) is 0 Å². The Balaban J connectivity index is 4.90. The summed E-state index contributed by atoms with van der Waals surface area (Å²) in [6.45, 7) is 4.41. The average molecular weight is 216 g/mol. The highest BCUT2D eigenvalue weighted by atomic mass is 16.4. The Bertz CT molecular complexity index is 284. The number of rotatable bonds is 5. The number of carbonyl (C=O) groups is 2. The summed E-state index contributed by atoms with van der Waals surface area (Å²) in [6.07, 6.45) is 0. The van der Waals surface area contributed by atoms with Crippen molar-refractivity contribution in [1.82, 2.24) is 0 Å². The van der Waals surface area contributed by atoms with Crippen LogP contribution in [0.5, 0.6) is 0 Å². The second-order valence-electron chi connectivity index (χ2n) is 3.50. The van der Waals surface area contributed by atoms with Crippen LogP contribution in [0.4, 0.5) is 0 Å². The topological polar surface area (TPSA) is 113 Å². The zero-order valence-corrected chi connectivity index (χ0v) is 8.97. The fraction of sp³-hybridized carbons (Fsp3) is 0.667. The Morgan fingerprint density at radius 2 is 1.67 bits per heavy atom. The van der Waals surface area contributed by atoms with Crippen molar-refractivity contribution < 1.29 is 19.8 Å². The fourth-order valence-electron chi connectivity index (χ4n) is 1.39. The molecule has 3 atom stereocenters. The molecular formula is C9H16N2O4. The number of aliphatic carboxylic acids is 2. The van der Waals surface area contributed by atoms with Gasteiger partial charge in [-0.2, -0.15) is 0 Å². The van der Waals surface area contributed by atoms with Crippen LogP contribution in [0.25, 0.3) is 0 Å². The molecule has 0 saturated carbocycles. The van der Waals surface area contributed by atoms with Crippen LogP contribution < -0.4 is 5.73 Å². The molecule has 0 saturated heterocycles. The van der Waals surface area contributed by atoms with Crippen molar-refractivity contribution >= 4 is 17.8 Å². The molecular weight excluding hydrogens is 200 g/mol. The number of hydrogen-bond donors (Lipinski definition) is 3. The number of amidine groups is 1. The summed E-state index contributed by atoms with van der Waals surface area (Å²) in [5, 5.41) is 17.6. The molecule has 3 unspecified atom stereocenters. The monoisotopic (exact) mass is 216 g/mol. The lowest BCUT2D eigenvalue weighted by Crippen LogP contribution is -2.35. The van der Waals surface area contributed by atoms with Crippen LogP contribution in [-0.2, 0) is 9.59 Å². The number of aliphatic imine (C=N–C) groups is 1. The van der Waals surface area contributed by atoms with Crippen molar-refractivity contribution in [2.75, 3.05) is 0 Å². The zero-order valence-electron chi connectivity index (χ0n) is 8.97. The molecule has 0 aliphatic carbocycles. The van der Waals surface area contributed by atoms with Crippen molar-refractivity contribution in [3.05, 3.63) is 0 Å². The Labute approximate surface area is 87.8 Å². The molecule has 0 fully saturated rings. The number of carboxylic acids is 2. The molecule has 0 aliphatic rings. The molecule has 0 amide bonds. The van der Waals surface area contributed by atoms with E-state index in [0.29, 0.717) is 0 Å². The van der Waals surface area contributed by atoms with Crippen molar-refractivity contribution in [2.24, 2.45) is 22.6 Å². The maximum Gasteiger partial charge on any atom is 0.309 e. The Hall–Kier alpha value is -1.59. The van der Waals surface area contributed by atoms with E-state index in [0.717, 1.165) is 0 Å². The molecule has 0 aromatic heterocycles. The van der Waals surface area contributed by atoms with Gasteiger partial charge in [-0.05, 0) is 13.8 Å². The Morgan fingerprint density at radius 3 is 1.93 bits per heavy atom. The van der Waals surface area contributed by atoms with Gasteiger partial charge in [0.15, 0.2) is 0 Å². The van der Waals surface area contributed by atoms with Crippen molar-refractivity contribution in [3.8, 4) is 0 Å². The van der Waals surface area contributed by atoms with Gasteiger partial charge in [0, 0.05) is 0 Å². The van der Waals surface area contributed by atoms with Crippen molar-refractivity contribution in [3.63, 3.8) is 0 Å². The summed E-state index contributed by atoms with van der Waals surface area (Å²) >= 11 is 0. The zero-order chi connectivity index (χ0) is 12.2. The number of hydrogen-bond acceptors (Lipinski definition) is 3. The SMILES string of the molecule is CC(N)=NC(C)C(C(=O)O)C(C)C(=O)O. The Kier molecular flexibility index (Phi) is 4.77. The number of carboxylic acid groups (broad SMARTS) is 2. The molecule has 15 heavy (non-hydrogen) atoms. The van der Waals surface area contributed by atoms with E-state index in [2.05, 4.69) is 4.99 Å². The number of nitrogens with zero attached hydrogens (tertiary/aromatic N) is 1. The molecule has 0 heterocycles. The second-order valence-corrected chi connectivity index (χ2v) is 3.50. The quantitative estimate of drug-likeness (QED) is 0.448. The maximum atomic E-state index is 10.9. The lowest BCUT2D eigenvalue weighted by atomic mass is 9.88. The van der Waals surface area contributed by atoms with E-state index < -0.39 is 29.8 Å². The summed E-state index contributed by atoms with van der Waals surface area (Å²) in [7, 11) is 0. The molecule has 0 aliphatic heterocycles.